The number of hydrazine groups is 1. The molecule has 0 bridgehead atoms. The van der Waals surface area contributed by atoms with Crippen molar-refractivity contribution in [1.29, 1.82) is 0 Å². The molecule has 8 heteroatoms. The maximum atomic E-state index is 10.2. The Morgan fingerprint density at radius 2 is 1.74 bits per heavy atom. The van der Waals surface area contributed by atoms with Gasteiger partial charge >= 0.3 is 0 Å². The maximum absolute atomic E-state index is 10.2. The molecule has 19 heavy (non-hydrogen) atoms. The Bertz CT molecular complexity index is 406. The summed E-state index contributed by atoms with van der Waals surface area (Å²) in [6.45, 7) is 4.26. The molecule has 0 radical (unpaired) electrons. The number of aromatic nitrogens is 3. The van der Waals surface area contributed by atoms with Crippen molar-refractivity contribution in [3.8, 4) is 0 Å². The molecule has 0 saturated carbocycles. The Hall–Kier alpha value is -1.67. The van der Waals surface area contributed by atoms with Gasteiger partial charge in [-0.2, -0.15) is 15.0 Å². The lowest BCUT2D eigenvalue weighted by Gasteiger charge is -2.25. The van der Waals surface area contributed by atoms with Gasteiger partial charge in [0.05, 0.1) is 5.60 Å². The summed E-state index contributed by atoms with van der Waals surface area (Å²) in [4.78, 5) is 14.2. The number of anilines is 3. The lowest BCUT2D eigenvalue weighted by Crippen LogP contribution is -2.36. The molecule has 0 saturated heterocycles. The van der Waals surface area contributed by atoms with Crippen LogP contribution in [0, 0.1) is 0 Å². The van der Waals surface area contributed by atoms with Gasteiger partial charge in [0.2, 0.25) is 17.8 Å². The molecule has 1 heterocycles. The minimum absolute atomic E-state index is 0.276. The van der Waals surface area contributed by atoms with Crippen LogP contribution in [0.1, 0.15) is 26.7 Å². The summed E-state index contributed by atoms with van der Waals surface area (Å²) in [6, 6.07) is 0. The SMILES string of the molecule is CCC(O)(CC)CNc1nc(NN)nc(N(C)C)n1. The molecule has 0 fully saturated rings. The molecule has 0 aromatic carbocycles. The fourth-order valence-electron chi connectivity index (χ4n) is 1.45. The van der Waals surface area contributed by atoms with Gasteiger partial charge < -0.3 is 15.3 Å². The highest BCUT2D eigenvalue weighted by atomic mass is 16.3. The molecule has 1 aromatic heterocycles. The third kappa shape index (κ3) is 4.18. The normalized spacial score (nSPS) is 11.3. The number of aliphatic hydroxyl groups is 1. The summed E-state index contributed by atoms with van der Waals surface area (Å²) >= 11 is 0. The van der Waals surface area contributed by atoms with Crippen LogP contribution in [0.2, 0.25) is 0 Å². The molecule has 0 aliphatic rings. The predicted octanol–water partition coefficient (Wildman–Crippen LogP) is 0.186. The van der Waals surface area contributed by atoms with Crippen LogP contribution in [-0.2, 0) is 0 Å². The largest absolute Gasteiger partial charge is 0.388 e. The Balaban J connectivity index is 2.86. The lowest BCUT2D eigenvalue weighted by atomic mass is 9.98. The third-order valence-electron chi connectivity index (χ3n) is 3.04. The van der Waals surface area contributed by atoms with Crippen molar-refractivity contribution in [2.24, 2.45) is 5.84 Å². The van der Waals surface area contributed by atoms with Crippen molar-refractivity contribution in [2.75, 3.05) is 36.3 Å². The van der Waals surface area contributed by atoms with Crippen LogP contribution in [0.4, 0.5) is 17.8 Å². The molecule has 0 aliphatic carbocycles. The predicted molar refractivity (Wildman–Crippen MR) is 76.0 cm³/mol. The second kappa shape index (κ2) is 6.48. The second-order valence-electron chi connectivity index (χ2n) is 4.61. The first kappa shape index (κ1) is 15.4. The number of hydrogen-bond donors (Lipinski definition) is 4. The number of nitrogens with one attached hydrogen (secondary N) is 2. The molecule has 1 aromatic rings. The Kier molecular flexibility index (Phi) is 5.25. The van der Waals surface area contributed by atoms with Crippen LogP contribution in [0.15, 0.2) is 0 Å². The second-order valence-corrected chi connectivity index (χ2v) is 4.61. The lowest BCUT2D eigenvalue weighted by molar-refractivity contribution is 0.0455. The molecule has 5 N–H and O–H groups in total. The molecule has 0 spiro atoms. The van der Waals surface area contributed by atoms with Crippen molar-refractivity contribution in [2.45, 2.75) is 32.3 Å². The van der Waals surface area contributed by atoms with Crippen LogP contribution in [0.5, 0.6) is 0 Å². The van der Waals surface area contributed by atoms with E-state index in [4.69, 9.17) is 5.84 Å². The first-order valence-electron chi connectivity index (χ1n) is 6.30. The first-order chi connectivity index (χ1) is 8.94. The number of nitrogens with zero attached hydrogens (tertiary/aromatic N) is 4. The molecular weight excluding hydrogens is 246 g/mol. The molecule has 1 rings (SSSR count). The minimum Gasteiger partial charge on any atom is -0.388 e. The Morgan fingerprint density at radius 3 is 2.21 bits per heavy atom. The van der Waals surface area contributed by atoms with Gasteiger partial charge in [0.1, 0.15) is 0 Å². The molecule has 0 amide bonds. The number of rotatable bonds is 7. The van der Waals surface area contributed by atoms with Crippen LogP contribution in [0.3, 0.4) is 0 Å². The zero-order chi connectivity index (χ0) is 14.5. The van der Waals surface area contributed by atoms with Gasteiger partial charge in [0.25, 0.3) is 0 Å². The van der Waals surface area contributed by atoms with Gasteiger partial charge in [-0.15, -0.1) is 0 Å². The zero-order valence-electron chi connectivity index (χ0n) is 11.9. The molecule has 0 aliphatic heterocycles. The van der Waals surface area contributed by atoms with E-state index in [0.29, 0.717) is 31.3 Å². The molecule has 0 atom stereocenters. The smallest absolute Gasteiger partial charge is 0.243 e. The highest BCUT2D eigenvalue weighted by Gasteiger charge is 2.22. The highest BCUT2D eigenvalue weighted by molar-refractivity contribution is 5.42. The molecule has 0 unspecified atom stereocenters. The standard InChI is InChI=1S/C11H23N7O/c1-5-11(19,6-2)7-13-8-14-9(17-12)16-10(15-8)18(3)4/h19H,5-7,12H2,1-4H3,(H2,13,14,15,16,17). The molecule has 8 nitrogen and oxygen atoms in total. The van der Waals surface area contributed by atoms with Crippen molar-refractivity contribution in [3.63, 3.8) is 0 Å². The Morgan fingerprint density at radius 1 is 1.16 bits per heavy atom. The van der Waals surface area contributed by atoms with Gasteiger partial charge in [0, 0.05) is 20.6 Å². The summed E-state index contributed by atoms with van der Waals surface area (Å²) < 4.78 is 0. The van der Waals surface area contributed by atoms with Crippen LogP contribution in [-0.4, -0.2) is 46.3 Å². The number of hydrogen-bond acceptors (Lipinski definition) is 8. The fourth-order valence-corrected chi connectivity index (χ4v) is 1.45. The Labute approximate surface area is 113 Å². The van der Waals surface area contributed by atoms with Crippen molar-refractivity contribution >= 4 is 17.8 Å². The topological polar surface area (TPSA) is 112 Å². The van der Waals surface area contributed by atoms with Crippen molar-refractivity contribution in [1.82, 2.24) is 15.0 Å². The average molecular weight is 269 g/mol. The highest BCUT2D eigenvalue weighted by Crippen LogP contribution is 2.16. The summed E-state index contributed by atoms with van der Waals surface area (Å²) in [6.07, 6.45) is 1.31. The number of nitrogen functional groups attached to an aromatic ring is 1. The van der Waals surface area contributed by atoms with Crippen molar-refractivity contribution < 1.29 is 5.11 Å². The quantitative estimate of drug-likeness (QED) is 0.410. The molecular formula is C11H23N7O. The van der Waals surface area contributed by atoms with Gasteiger partial charge in [-0.05, 0) is 12.8 Å². The van der Waals surface area contributed by atoms with E-state index in [9.17, 15) is 5.11 Å². The van der Waals surface area contributed by atoms with Gasteiger partial charge in [-0.25, -0.2) is 5.84 Å². The van der Waals surface area contributed by atoms with E-state index in [1.165, 1.54) is 0 Å². The van der Waals surface area contributed by atoms with Gasteiger partial charge in [-0.3, -0.25) is 5.43 Å². The van der Waals surface area contributed by atoms with Crippen LogP contribution < -0.4 is 21.5 Å². The van der Waals surface area contributed by atoms with E-state index in [1.807, 2.05) is 27.9 Å². The summed E-state index contributed by atoms with van der Waals surface area (Å²) in [5, 5.41) is 13.2. The fraction of sp³-hybridized carbons (Fsp3) is 0.727. The summed E-state index contributed by atoms with van der Waals surface area (Å²) in [5.74, 6) is 6.47. The van der Waals surface area contributed by atoms with E-state index in [1.54, 1.807) is 4.90 Å². The average Bonchev–Trinajstić information content (AvgIpc) is 2.44. The van der Waals surface area contributed by atoms with Crippen LogP contribution >= 0.6 is 0 Å². The minimum atomic E-state index is -0.763. The maximum Gasteiger partial charge on any atom is 0.243 e. The van der Waals surface area contributed by atoms with Crippen LogP contribution in [0.25, 0.3) is 0 Å². The molecule has 108 valence electrons. The number of nitrogens with two attached hydrogens (primary N) is 1. The summed E-state index contributed by atoms with van der Waals surface area (Å²) in [7, 11) is 3.65. The van der Waals surface area contributed by atoms with E-state index < -0.39 is 5.60 Å². The van der Waals surface area contributed by atoms with Gasteiger partial charge in [-0.1, -0.05) is 13.8 Å². The van der Waals surface area contributed by atoms with E-state index >= 15 is 0 Å². The summed E-state index contributed by atoms with van der Waals surface area (Å²) in [5.41, 5.74) is 1.63. The zero-order valence-corrected chi connectivity index (χ0v) is 11.9. The van der Waals surface area contributed by atoms with E-state index in [2.05, 4.69) is 25.7 Å². The third-order valence-corrected chi connectivity index (χ3v) is 3.04. The van der Waals surface area contributed by atoms with Crippen molar-refractivity contribution in [3.05, 3.63) is 0 Å². The van der Waals surface area contributed by atoms with E-state index in [-0.39, 0.29) is 5.95 Å². The van der Waals surface area contributed by atoms with E-state index in [0.717, 1.165) is 0 Å². The van der Waals surface area contributed by atoms with Gasteiger partial charge in [0.15, 0.2) is 0 Å². The monoisotopic (exact) mass is 269 g/mol. The first-order valence-corrected chi connectivity index (χ1v) is 6.30.